The molecule has 0 saturated carbocycles. The van der Waals surface area contributed by atoms with Crippen LogP contribution in [0.1, 0.15) is 19.8 Å². The van der Waals surface area contributed by atoms with E-state index in [2.05, 4.69) is 10.1 Å². The van der Waals surface area contributed by atoms with E-state index in [0.29, 0.717) is 12.8 Å². The molecule has 92 valence electrons. The molecule has 0 aliphatic heterocycles. The van der Waals surface area contributed by atoms with E-state index in [1.807, 2.05) is 0 Å². The number of halogens is 3. The molecule has 0 radical (unpaired) electrons. The average molecular weight is 237 g/mol. The summed E-state index contributed by atoms with van der Waals surface area (Å²) >= 11 is 0. The number of hydrogen-bond donors (Lipinski definition) is 1. The number of carbonyl (C=O) groups is 1. The highest BCUT2D eigenvalue weighted by atomic mass is 19.4. The zero-order chi connectivity index (χ0) is 12.4. The van der Waals surface area contributed by atoms with Crippen LogP contribution < -0.4 is 5.32 Å². The molecule has 0 heterocycles. The van der Waals surface area contributed by atoms with Crippen molar-refractivity contribution in [3.63, 3.8) is 0 Å². The van der Waals surface area contributed by atoms with Crippen LogP contribution in [0.25, 0.3) is 0 Å². The molecular formula is C10H14F3NO2. The molecule has 0 spiro atoms. The minimum Gasteiger partial charge on any atom is -0.336 e. The number of alkyl halides is 3. The van der Waals surface area contributed by atoms with E-state index in [4.69, 9.17) is 0 Å². The van der Waals surface area contributed by atoms with Gasteiger partial charge in [0, 0.05) is 0 Å². The Kier molecular flexibility index (Phi) is 7.28. The van der Waals surface area contributed by atoms with Crippen molar-refractivity contribution in [2.45, 2.75) is 32.2 Å². The number of amides is 1. The SMILES string of the molecule is C/C=C\C(CC/C=C/NC=O)OC(F)(F)F. The lowest BCUT2D eigenvalue weighted by atomic mass is 10.2. The summed E-state index contributed by atoms with van der Waals surface area (Å²) in [6, 6.07) is 0. The molecule has 0 aliphatic carbocycles. The average Bonchev–Trinajstić information content (AvgIpc) is 2.15. The Labute approximate surface area is 92.0 Å². The predicted octanol–water partition coefficient (Wildman–Crippen LogP) is 2.51. The van der Waals surface area contributed by atoms with E-state index in [-0.39, 0.29) is 6.42 Å². The molecule has 0 aromatic heterocycles. The maximum Gasteiger partial charge on any atom is 0.523 e. The van der Waals surface area contributed by atoms with Gasteiger partial charge in [0.1, 0.15) is 0 Å². The lowest BCUT2D eigenvalue weighted by molar-refractivity contribution is -0.336. The Hall–Kier alpha value is -1.30. The number of ether oxygens (including phenoxy) is 1. The Morgan fingerprint density at radius 1 is 1.44 bits per heavy atom. The van der Waals surface area contributed by atoms with Crippen LogP contribution in [0.5, 0.6) is 0 Å². The Morgan fingerprint density at radius 3 is 2.62 bits per heavy atom. The van der Waals surface area contributed by atoms with Gasteiger partial charge in [-0.15, -0.1) is 13.2 Å². The van der Waals surface area contributed by atoms with Crippen molar-refractivity contribution in [2.75, 3.05) is 0 Å². The van der Waals surface area contributed by atoms with E-state index < -0.39 is 12.5 Å². The highest BCUT2D eigenvalue weighted by molar-refractivity contribution is 5.47. The molecule has 0 aromatic carbocycles. The third-order valence-corrected chi connectivity index (χ3v) is 1.59. The van der Waals surface area contributed by atoms with Crippen LogP contribution in [0.15, 0.2) is 24.4 Å². The van der Waals surface area contributed by atoms with Crippen molar-refractivity contribution in [1.29, 1.82) is 0 Å². The van der Waals surface area contributed by atoms with Gasteiger partial charge < -0.3 is 5.32 Å². The third-order valence-electron chi connectivity index (χ3n) is 1.59. The minimum atomic E-state index is -4.63. The van der Waals surface area contributed by atoms with Gasteiger partial charge in [-0.05, 0) is 26.0 Å². The monoisotopic (exact) mass is 237 g/mol. The van der Waals surface area contributed by atoms with Gasteiger partial charge in [0.15, 0.2) is 0 Å². The molecule has 0 aliphatic rings. The molecule has 0 aromatic rings. The molecule has 0 rings (SSSR count). The molecule has 16 heavy (non-hydrogen) atoms. The van der Waals surface area contributed by atoms with Gasteiger partial charge in [-0.3, -0.25) is 9.53 Å². The van der Waals surface area contributed by atoms with Crippen LogP contribution in [-0.4, -0.2) is 18.9 Å². The Bertz CT molecular complexity index is 249. The molecular weight excluding hydrogens is 223 g/mol. The summed E-state index contributed by atoms with van der Waals surface area (Å²) in [6.07, 6.45) is 1.20. The van der Waals surface area contributed by atoms with Gasteiger partial charge in [0.25, 0.3) is 0 Å². The first-order valence-electron chi connectivity index (χ1n) is 4.71. The molecule has 0 saturated heterocycles. The molecule has 1 unspecified atom stereocenters. The molecule has 3 nitrogen and oxygen atoms in total. The minimum absolute atomic E-state index is 0.195. The van der Waals surface area contributed by atoms with Crippen molar-refractivity contribution >= 4 is 6.41 Å². The molecule has 0 fully saturated rings. The number of rotatable bonds is 7. The van der Waals surface area contributed by atoms with Crippen LogP contribution in [0.3, 0.4) is 0 Å². The molecule has 1 amide bonds. The second-order valence-electron chi connectivity index (χ2n) is 2.89. The van der Waals surface area contributed by atoms with Gasteiger partial charge in [-0.1, -0.05) is 18.2 Å². The number of hydrogen-bond acceptors (Lipinski definition) is 2. The Balaban J connectivity index is 3.99. The second kappa shape index (κ2) is 7.92. The van der Waals surface area contributed by atoms with Crippen molar-refractivity contribution in [2.24, 2.45) is 0 Å². The van der Waals surface area contributed by atoms with Crippen LogP contribution >= 0.6 is 0 Å². The topological polar surface area (TPSA) is 38.3 Å². The first-order valence-corrected chi connectivity index (χ1v) is 4.71. The molecule has 0 bridgehead atoms. The summed E-state index contributed by atoms with van der Waals surface area (Å²) in [4.78, 5) is 9.85. The zero-order valence-corrected chi connectivity index (χ0v) is 8.83. The summed E-state index contributed by atoms with van der Waals surface area (Å²) in [7, 11) is 0. The second-order valence-corrected chi connectivity index (χ2v) is 2.89. The van der Waals surface area contributed by atoms with Gasteiger partial charge in [0.2, 0.25) is 6.41 Å². The Morgan fingerprint density at radius 2 is 2.12 bits per heavy atom. The van der Waals surface area contributed by atoms with Crippen molar-refractivity contribution in [1.82, 2.24) is 5.32 Å². The van der Waals surface area contributed by atoms with Gasteiger partial charge in [-0.2, -0.15) is 0 Å². The van der Waals surface area contributed by atoms with Gasteiger partial charge in [0.05, 0.1) is 6.10 Å². The standard InChI is InChI=1S/C10H14F3NO2/c1-2-5-9(16-10(11,12)13)6-3-4-7-14-8-15/h2,4-5,7-9H,3,6H2,1H3,(H,14,15)/b5-2-,7-4+. The molecule has 6 heteroatoms. The smallest absolute Gasteiger partial charge is 0.336 e. The van der Waals surface area contributed by atoms with Crippen LogP contribution in [0, 0.1) is 0 Å². The molecule has 1 N–H and O–H groups in total. The fourth-order valence-electron chi connectivity index (χ4n) is 1.03. The third kappa shape index (κ3) is 9.26. The maximum absolute atomic E-state index is 11.9. The quantitative estimate of drug-likeness (QED) is 0.545. The first kappa shape index (κ1) is 14.7. The van der Waals surface area contributed by atoms with Crippen molar-refractivity contribution < 1.29 is 22.7 Å². The lowest BCUT2D eigenvalue weighted by Gasteiger charge is -2.15. The van der Waals surface area contributed by atoms with E-state index in [1.165, 1.54) is 18.4 Å². The van der Waals surface area contributed by atoms with Crippen LogP contribution in [-0.2, 0) is 9.53 Å². The predicted molar refractivity (Wildman–Crippen MR) is 53.3 cm³/mol. The summed E-state index contributed by atoms with van der Waals surface area (Å²) in [5, 5.41) is 2.26. The number of allylic oxidation sites excluding steroid dienone is 2. The van der Waals surface area contributed by atoms with Crippen LogP contribution in [0.2, 0.25) is 0 Å². The van der Waals surface area contributed by atoms with Crippen molar-refractivity contribution in [3.05, 3.63) is 24.4 Å². The fraction of sp³-hybridized carbons (Fsp3) is 0.500. The fourth-order valence-corrected chi connectivity index (χ4v) is 1.03. The number of nitrogens with one attached hydrogen (secondary N) is 1. The van der Waals surface area contributed by atoms with E-state index in [1.54, 1.807) is 13.0 Å². The highest BCUT2D eigenvalue weighted by Gasteiger charge is 2.32. The summed E-state index contributed by atoms with van der Waals surface area (Å²) in [5.74, 6) is 0. The molecule has 1 atom stereocenters. The van der Waals surface area contributed by atoms with E-state index in [9.17, 15) is 18.0 Å². The first-order chi connectivity index (χ1) is 7.49. The maximum atomic E-state index is 11.9. The van der Waals surface area contributed by atoms with Crippen LogP contribution in [0.4, 0.5) is 13.2 Å². The normalized spacial score (nSPS) is 14.5. The largest absolute Gasteiger partial charge is 0.523 e. The van der Waals surface area contributed by atoms with E-state index >= 15 is 0 Å². The highest BCUT2D eigenvalue weighted by Crippen LogP contribution is 2.21. The van der Waals surface area contributed by atoms with Gasteiger partial charge >= 0.3 is 6.36 Å². The van der Waals surface area contributed by atoms with Gasteiger partial charge in [-0.25, -0.2) is 0 Å². The van der Waals surface area contributed by atoms with Crippen molar-refractivity contribution in [3.8, 4) is 0 Å². The summed E-state index contributed by atoms with van der Waals surface area (Å²) in [5.41, 5.74) is 0. The summed E-state index contributed by atoms with van der Waals surface area (Å²) in [6.45, 7) is 1.62. The number of carbonyl (C=O) groups excluding carboxylic acids is 1. The zero-order valence-electron chi connectivity index (χ0n) is 8.83. The lowest BCUT2D eigenvalue weighted by Crippen LogP contribution is -2.22. The summed E-state index contributed by atoms with van der Waals surface area (Å²) < 4.78 is 39.7. The van der Waals surface area contributed by atoms with E-state index in [0.717, 1.165) is 0 Å².